The molecule has 1 aliphatic rings. The minimum Gasteiger partial charge on any atom is -0.382 e. The first-order chi connectivity index (χ1) is 6.84. The van der Waals surface area contributed by atoms with Gasteiger partial charge in [0.1, 0.15) is 0 Å². The van der Waals surface area contributed by atoms with Gasteiger partial charge < -0.3 is 14.4 Å². The molecule has 4 heteroatoms. The molecule has 0 aromatic rings. The molecule has 0 saturated carbocycles. The molecule has 14 heavy (non-hydrogen) atoms. The maximum atomic E-state index is 11.6. The average molecular weight is 201 g/mol. The molecule has 0 unspecified atom stereocenters. The number of amides is 1. The largest absolute Gasteiger partial charge is 0.382 e. The van der Waals surface area contributed by atoms with Crippen molar-refractivity contribution in [3.8, 4) is 0 Å². The summed E-state index contributed by atoms with van der Waals surface area (Å²) in [4.78, 5) is 13.4. The van der Waals surface area contributed by atoms with Gasteiger partial charge in [0.2, 0.25) is 5.91 Å². The van der Waals surface area contributed by atoms with Gasteiger partial charge in [-0.3, -0.25) is 4.79 Å². The Balaban J connectivity index is 2.07. The summed E-state index contributed by atoms with van der Waals surface area (Å²) >= 11 is 0. The van der Waals surface area contributed by atoms with E-state index in [1.807, 2.05) is 11.8 Å². The fraction of sp³-hybridized carbons (Fsp3) is 0.900. The molecule has 0 aliphatic carbocycles. The smallest absolute Gasteiger partial charge is 0.222 e. The Bertz CT molecular complexity index is 167. The molecular weight excluding hydrogens is 182 g/mol. The number of hydrogen-bond acceptors (Lipinski definition) is 3. The van der Waals surface area contributed by atoms with Crippen LogP contribution in [-0.4, -0.2) is 50.3 Å². The Morgan fingerprint density at radius 1 is 1.43 bits per heavy atom. The molecule has 0 N–H and O–H groups in total. The van der Waals surface area contributed by atoms with Crippen molar-refractivity contribution in [2.45, 2.75) is 19.8 Å². The highest BCUT2D eigenvalue weighted by atomic mass is 16.5. The second kappa shape index (κ2) is 6.79. The highest BCUT2D eigenvalue weighted by Crippen LogP contribution is 2.02. The molecule has 0 spiro atoms. The predicted molar refractivity (Wildman–Crippen MR) is 53.1 cm³/mol. The molecule has 0 atom stereocenters. The fourth-order valence-electron chi connectivity index (χ4n) is 1.44. The van der Waals surface area contributed by atoms with Gasteiger partial charge in [-0.05, 0) is 13.3 Å². The van der Waals surface area contributed by atoms with Gasteiger partial charge in [0, 0.05) is 32.7 Å². The van der Waals surface area contributed by atoms with Gasteiger partial charge >= 0.3 is 0 Å². The van der Waals surface area contributed by atoms with Gasteiger partial charge in [-0.1, -0.05) is 0 Å². The van der Waals surface area contributed by atoms with Crippen LogP contribution in [0.2, 0.25) is 0 Å². The molecule has 1 fully saturated rings. The average Bonchev–Trinajstić information content (AvgIpc) is 2.25. The summed E-state index contributed by atoms with van der Waals surface area (Å²) in [7, 11) is 0. The van der Waals surface area contributed by atoms with Crippen molar-refractivity contribution < 1.29 is 14.3 Å². The normalized spacial score (nSPS) is 17.1. The Morgan fingerprint density at radius 2 is 2.14 bits per heavy atom. The molecular formula is C10H19NO3. The lowest BCUT2D eigenvalue weighted by atomic mass is 10.2. The van der Waals surface area contributed by atoms with Crippen LogP contribution in [-0.2, 0) is 14.3 Å². The molecule has 0 radical (unpaired) electrons. The molecule has 0 aromatic heterocycles. The van der Waals surface area contributed by atoms with Crippen LogP contribution < -0.4 is 0 Å². The van der Waals surface area contributed by atoms with E-state index in [1.54, 1.807) is 0 Å². The standard InChI is InChI=1S/C10H19NO3/c1-2-13-7-3-4-10(12)11-5-8-14-9-6-11/h2-9H2,1H3. The quantitative estimate of drug-likeness (QED) is 0.613. The van der Waals surface area contributed by atoms with Crippen molar-refractivity contribution >= 4 is 5.91 Å². The molecule has 0 bridgehead atoms. The third-order valence-corrected chi connectivity index (χ3v) is 2.25. The van der Waals surface area contributed by atoms with Crippen molar-refractivity contribution in [1.29, 1.82) is 0 Å². The van der Waals surface area contributed by atoms with Crippen LogP contribution in [0, 0.1) is 0 Å². The van der Waals surface area contributed by atoms with Crippen molar-refractivity contribution in [1.82, 2.24) is 4.90 Å². The second-order valence-electron chi connectivity index (χ2n) is 3.29. The summed E-state index contributed by atoms with van der Waals surface area (Å²) in [5, 5.41) is 0. The summed E-state index contributed by atoms with van der Waals surface area (Å²) in [6.07, 6.45) is 1.42. The lowest BCUT2D eigenvalue weighted by Gasteiger charge is -2.26. The summed E-state index contributed by atoms with van der Waals surface area (Å²) in [5.41, 5.74) is 0. The molecule has 1 saturated heterocycles. The van der Waals surface area contributed by atoms with Crippen LogP contribution in [0.3, 0.4) is 0 Å². The number of nitrogens with zero attached hydrogens (tertiary/aromatic N) is 1. The van der Waals surface area contributed by atoms with E-state index in [1.165, 1.54) is 0 Å². The van der Waals surface area contributed by atoms with E-state index in [4.69, 9.17) is 9.47 Å². The third kappa shape index (κ3) is 4.07. The topological polar surface area (TPSA) is 38.8 Å². The Hall–Kier alpha value is -0.610. The van der Waals surface area contributed by atoms with E-state index >= 15 is 0 Å². The van der Waals surface area contributed by atoms with Gasteiger partial charge in [-0.25, -0.2) is 0 Å². The maximum absolute atomic E-state index is 11.6. The minimum absolute atomic E-state index is 0.230. The van der Waals surface area contributed by atoms with Crippen LogP contribution in [0.5, 0.6) is 0 Å². The monoisotopic (exact) mass is 201 g/mol. The third-order valence-electron chi connectivity index (χ3n) is 2.25. The zero-order chi connectivity index (χ0) is 10.2. The van der Waals surface area contributed by atoms with Crippen molar-refractivity contribution in [2.75, 3.05) is 39.5 Å². The first-order valence-electron chi connectivity index (χ1n) is 5.28. The van der Waals surface area contributed by atoms with Crippen molar-refractivity contribution in [2.24, 2.45) is 0 Å². The molecule has 4 nitrogen and oxygen atoms in total. The Labute approximate surface area is 85.2 Å². The Kier molecular flexibility index (Phi) is 5.56. The molecule has 1 aliphatic heterocycles. The van der Waals surface area contributed by atoms with E-state index in [0.29, 0.717) is 26.2 Å². The highest BCUT2D eigenvalue weighted by Gasteiger charge is 2.15. The minimum atomic E-state index is 0.230. The van der Waals surface area contributed by atoms with Crippen LogP contribution in [0.15, 0.2) is 0 Å². The second-order valence-corrected chi connectivity index (χ2v) is 3.29. The molecule has 1 heterocycles. The summed E-state index contributed by atoms with van der Waals surface area (Å²) in [6, 6.07) is 0. The van der Waals surface area contributed by atoms with Crippen molar-refractivity contribution in [3.63, 3.8) is 0 Å². The zero-order valence-electron chi connectivity index (χ0n) is 8.83. The van der Waals surface area contributed by atoms with E-state index < -0.39 is 0 Å². The highest BCUT2D eigenvalue weighted by molar-refractivity contribution is 5.76. The Morgan fingerprint density at radius 3 is 2.79 bits per heavy atom. The maximum Gasteiger partial charge on any atom is 0.222 e. The van der Waals surface area contributed by atoms with E-state index in [2.05, 4.69) is 0 Å². The predicted octanol–water partition coefficient (Wildman–Crippen LogP) is 0.662. The lowest BCUT2D eigenvalue weighted by molar-refractivity contribution is -0.135. The van der Waals surface area contributed by atoms with Gasteiger partial charge in [-0.15, -0.1) is 0 Å². The number of carbonyl (C=O) groups excluding carboxylic acids is 1. The van der Waals surface area contributed by atoms with Gasteiger partial charge in [0.25, 0.3) is 0 Å². The molecule has 0 aromatic carbocycles. The van der Waals surface area contributed by atoms with Gasteiger partial charge in [-0.2, -0.15) is 0 Å². The van der Waals surface area contributed by atoms with E-state index in [-0.39, 0.29) is 5.91 Å². The van der Waals surface area contributed by atoms with E-state index in [0.717, 1.165) is 26.1 Å². The van der Waals surface area contributed by atoms with Crippen LogP contribution >= 0.6 is 0 Å². The number of hydrogen-bond donors (Lipinski definition) is 0. The molecule has 1 rings (SSSR count). The van der Waals surface area contributed by atoms with Crippen LogP contribution in [0.1, 0.15) is 19.8 Å². The van der Waals surface area contributed by atoms with Gasteiger partial charge in [0.15, 0.2) is 0 Å². The molecule has 1 amide bonds. The number of carbonyl (C=O) groups is 1. The first kappa shape index (κ1) is 11.5. The van der Waals surface area contributed by atoms with E-state index in [9.17, 15) is 4.79 Å². The van der Waals surface area contributed by atoms with Crippen LogP contribution in [0.4, 0.5) is 0 Å². The SMILES string of the molecule is CCOCCCC(=O)N1CCOCC1. The number of rotatable bonds is 5. The molecule has 82 valence electrons. The zero-order valence-corrected chi connectivity index (χ0v) is 8.83. The van der Waals surface area contributed by atoms with Crippen molar-refractivity contribution in [3.05, 3.63) is 0 Å². The lowest BCUT2D eigenvalue weighted by Crippen LogP contribution is -2.40. The van der Waals surface area contributed by atoms with Crippen LogP contribution in [0.25, 0.3) is 0 Å². The van der Waals surface area contributed by atoms with Gasteiger partial charge in [0.05, 0.1) is 13.2 Å². The summed E-state index contributed by atoms with van der Waals surface area (Å²) < 4.78 is 10.4. The number of ether oxygens (including phenoxy) is 2. The number of morpholine rings is 1. The summed E-state index contributed by atoms with van der Waals surface area (Å²) in [6.45, 7) is 6.22. The fourth-order valence-corrected chi connectivity index (χ4v) is 1.44. The first-order valence-corrected chi connectivity index (χ1v) is 5.28. The summed E-state index contributed by atoms with van der Waals surface area (Å²) in [5.74, 6) is 0.230.